The van der Waals surface area contributed by atoms with Crippen LogP contribution in [0.3, 0.4) is 0 Å². The number of fused-ring (bicyclic) bond motifs is 4. The van der Waals surface area contributed by atoms with Crippen molar-refractivity contribution in [2.45, 2.75) is 0 Å². The van der Waals surface area contributed by atoms with Crippen LogP contribution in [0, 0.1) is 0 Å². The predicted octanol–water partition coefficient (Wildman–Crippen LogP) is 11.5. The highest BCUT2D eigenvalue weighted by molar-refractivity contribution is 6.22. The zero-order valence-corrected chi connectivity index (χ0v) is 23.9. The fourth-order valence-corrected chi connectivity index (χ4v) is 6.47. The molecule has 0 radical (unpaired) electrons. The van der Waals surface area contributed by atoms with Gasteiger partial charge in [-0.15, -0.1) is 0 Å². The fourth-order valence-electron chi connectivity index (χ4n) is 6.47. The van der Waals surface area contributed by atoms with Gasteiger partial charge in [0.1, 0.15) is 5.82 Å². The summed E-state index contributed by atoms with van der Waals surface area (Å²) in [5.41, 5.74) is 4.75. The minimum atomic E-state index is -0.442. The standard InChI is InChI=1S/C43H28N2/c1-2-16-32(17-3-1)45-40-25-13-12-24-39(40)44-43(45)38-23-11-10-22-37(38)42-35-20-8-6-18-33(35)41(34-19-7-9-21-36(34)42)31-27-26-29-14-4-5-15-30(29)28-31/h1-28H/i6D,7D,8D,9D,18D,19D,20D,21D. The summed E-state index contributed by atoms with van der Waals surface area (Å²) in [4.78, 5) is 5.10. The van der Waals surface area contributed by atoms with E-state index in [0.717, 1.165) is 27.5 Å². The van der Waals surface area contributed by atoms with Gasteiger partial charge in [0.05, 0.1) is 22.0 Å². The van der Waals surface area contributed by atoms with Crippen molar-refractivity contribution in [3.63, 3.8) is 0 Å². The van der Waals surface area contributed by atoms with Crippen molar-refractivity contribution in [1.29, 1.82) is 0 Å². The van der Waals surface area contributed by atoms with Crippen LogP contribution in [0.25, 0.3) is 82.7 Å². The lowest BCUT2D eigenvalue weighted by atomic mass is 9.84. The number of nitrogens with zero attached hydrogens (tertiary/aromatic N) is 2. The third-order valence-corrected chi connectivity index (χ3v) is 8.43. The molecule has 1 aromatic heterocycles. The quantitative estimate of drug-likeness (QED) is 0.189. The monoisotopic (exact) mass is 580 g/mol. The number of imidazole rings is 1. The van der Waals surface area contributed by atoms with E-state index in [4.69, 9.17) is 10.5 Å². The lowest BCUT2D eigenvalue weighted by Gasteiger charge is -2.20. The third kappa shape index (κ3) is 4.07. The Morgan fingerprint density at radius 3 is 1.80 bits per heavy atom. The first kappa shape index (κ1) is 18.6. The smallest absolute Gasteiger partial charge is 0.146 e. The van der Waals surface area contributed by atoms with Crippen molar-refractivity contribution in [2.75, 3.05) is 0 Å². The predicted molar refractivity (Wildman–Crippen MR) is 190 cm³/mol. The molecule has 210 valence electrons. The largest absolute Gasteiger partial charge is 0.292 e. The molecule has 0 unspecified atom stereocenters. The van der Waals surface area contributed by atoms with Crippen LogP contribution in [0.2, 0.25) is 0 Å². The van der Waals surface area contributed by atoms with E-state index in [1.54, 1.807) is 0 Å². The molecule has 0 spiro atoms. The van der Waals surface area contributed by atoms with Crippen molar-refractivity contribution >= 4 is 43.4 Å². The second-order valence-electron chi connectivity index (χ2n) is 11.0. The number of para-hydroxylation sites is 3. The van der Waals surface area contributed by atoms with Crippen molar-refractivity contribution < 1.29 is 11.0 Å². The van der Waals surface area contributed by atoms with Crippen molar-refractivity contribution in [2.24, 2.45) is 0 Å². The first-order valence-corrected chi connectivity index (χ1v) is 14.7. The van der Waals surface area contributed by atoms with Gasteiger partial charge in [0.2, 0.25) is 0 Å². The summed E-state index contributed by atoms with van der Waals surface area (Å²) in [6, 6.07) is 35.4. The molecule has 0 amide bonds. The fraction of sp³-hybridized carbons (Fsp3) is 0. The van der Waals surface area contributed by atoms with Gasteiger partial charge in [0.25, 0.3) is 0 Å². The van der Waals surface area contributed by atoms with Crippen LogP contribution in [0.5, 0.6) is 0 Å². The molecule has 9 aromatic rings. The zero-order valence-electron chi connectivity index (χ0n) is 31.9. The Kier molecular flexibility index (Phi) is 4.27. The maximum atomic E-state index is 9.44. The molecule has 45 heavy (non-hydrogen) atoms. The van der Waals surface area contributed by atoms with Gasteiger partial charge >= 0.3 is 0 Å². The first-order valence-electron chi connectivity index (χ1n) is 18.7. The van der Waals surface area contributed by atoms with Crippen LogP contribution >= 0.6 is 0 Å². The van der Waals surface area contributed by atoms with E-state index < -0.39 is 24.2 Å². The Hall–Kier alpha value is -5.99. The van der Waals surface area contributed by atoms with Crippen molar-refractivity contribution in [1.82, 2.24) is 9.55 Å². The Morgan fingerprint density at radius 1 is 0.489 bits per heavy atom. The second kappa shape index (κ2) is 10.3. The summed E-state index contributed by atoms with van der Waals surface area (Å²) in [6.45, 7) is 0. The van der Waals surface area contributed by atoms with E-state index in [2.05, 4.69) is 0 Å². The minimum absolute atomic E-state index is 0.159. The molecular weight excluding hydrogens is 544 g/mol. The Bertz CT molecular complexity index is 2910. The summed E-state index contributed by atoms with van der Waals surface area (Å²) in [6.07, 6.45) is 0. The molecule has 1 heterocycles. The molecule has 2 nitrogen and oxygen atoms in total. The molecule has 0 aliphatic carbocycles. The Balaban J connectivity index is 1.52. The summed E-state index contributed by atoms with van der Waals surface area (Å²) < 4.78 is 75.0. The average molecular weight is 581 g/mol. The highest BCUT2D eigenvalue weighted by atomic mass is 15.1. The van der Waals surface area contributed by atoms with Crippen LogP contribution in [-0.2, 0) is 0 Å². The van der Waals surface area contributed by atoms with Crippen LogP contribution in [0.1, 0.15) is 11.0 Å². The van der Waals surface area contributed by atoms with E-state index in [1.807, 2.05) is 126 Å². The van der Waals surface area contributed by atoms with E-state index >= 15 is 0 Å². The normalized spacial score (nSPS) is 14.0. The Morgan fingerprint density at radius 2 is 1.07 bits per heavy atom. The number of hydrogen-bond donors (Lipinski definition) is 0. The molecule has 0 atom stereocenters. The molecule has 0 fully saturated rings. The Labute approximate surface area is 272 Å². The van der Waals surface area contributed by atoms with Gasteiger partial charge in [-0.3, -0.25) is 4.57 Å². The lowest BCUT2D eigenvalue weighted by Crippen LogP contribution is -1.99. The molecular formula is C43H28N2. The van der Waals surface area contributed by atoms with Gasteiger partial charge in [0, 0.05) is 11.3 Å². The number of benzene rings is 8. The average Bonchev–Trinajstić information content (AvgIpc) is 3.59. The highest BCUT2D eigenvalue weighted by Crippen LogP contribution is 2.46. The maximum absolute atomic E-state index is 9.44. The first-order chi connectivity index (χ1) is 25.7. The summed E-state index contributed by atoms with van der Waals surface area (Å²) in [5.74, 6) is 0.564. The van der Waals surface area contributed by atoms with Crippen molar-refractivity contribution in [3.05, 3.63) is 170 Å². The molecule has 0 N–H and O–H groups in total. The number of aromatic nitrogens is 2. The van der Waals surface area contributed by atoms with Crippen LogP contribution in [0.4, 0.5) is 0 Å². The summed E-state index contributed by atoms with van der Waals surface area (Å²) in [5, 5.41) is 2.50. The zero-order chi connectivity index (χ0) is 36.7. The van der Waals surface area contributed by atoms with Crippen LogP contribution < -0.4 is 0 Å². The van der Waals surface area contributed by atoms with Gasteiger partial charge in [-0.2, -0.15) is 0 Å². The van der Waals surface area contributed by atoms with E-state index in [-0.39, 0.29) is 51.3 Å². The molecule has 2 heteroatoms. The second-order valence-corrected chi connectivity index (χ2v) is 11.0. The lowest BCUT2D eigenvalue weighted by molar-refractivity contribution is 1.10. The van der Waals surface area contributed by atoms with Crippen molar-refractivity contribution in [3.8, 4) is 39.3 Å². The molecule has 0 aliphatic heterocycles. The molecule has 8 aromatic carbocycles. The van der Waals surface area contributed by atoms with Gasteiger partial charge in [-0.1, -0.05) is 139 Å². The van der Waals surface area contributed by atoms with E-state index in [1.165, 1.54) is 0 Å². The molecule has 0 saturated carbocycles. The van der Waals surface area contributed by atoms with Gasteiger partial charge in [-0.05, 0) is 84.9 Å². The number of hydrogen-bond acceptors (Lipinski definition) is 1. The van der Waals surface area contributed by atoms with Gasteiger partial charge in [-0.25, -0.2) is 4.98 Å². The minimum Gasteiger partial charge on any atom is -0.292 e. The molecule has 0 aliphatic rings. The summed E-state index contributed by atoms with van der Waals surface area (Å²) >= 11 is 0. The molecule has 0 saturated heterocycles. The molecule has 0 bridgehead atoms. The van der Waals surface area contributed by atoms with Crippen LogP contribution in [-0.4, -0.2) is 9.55 Å². The SMILES string of the molecule is [2H]c1c([2H])c([2H])c2c(-c3ccccc3-c3nc4ccccc4n3-c3ccccc3)c3c([2H])c([2H])c([2H])c([2H])c3c(-c3ccc4ccccc4c3)c2c1[2H]. The highest BCUT2D eigenvalue weighted by Gasteiger charge is 2.22. The maximum Gasteiger partial charge on any atom is 0.146 e. The summed E-state index contributed by atoms with van der Waals surface area (Å²) in [7, 11) is 0. The van der Waals surface area contributed by atoms with Crippen LogP contribution in [0.15, 0.2) is 170 Å². The number of rotatable bonds is 4. The topological polar surface area (TPSA) is 17.8 Å². The van der Waals surface area contributed by atoms with Gasteiger partial charge < -0.3 is 0 Å². The van der Waals surface area contributed by atoms with E-state index in [0.29, 0.717) is 28.1 Å². The third-order valence-electron chi connectivity index (χ3n) is 8.43. The molecule has 9 rings (SSSR count). The van der Waals surface area contributed by atoms with Gasteiger partial charge in [0.15, 0.2) is 0 Å². The van der Waals surface area contributed by atoms with E-state index in [9.17, 15) is 5.48 Å².